The summed E-state index contributed by atoms with van der Waals surface area (Å²) in [5.41, 5.74) is -1.78. The largest absolute Gasteiger partial charge is 0.497 e. The molecule has 0 radical (unpaired) electrons. The van der Waals surface area contributed by atoms with E-state index >= 15 is 0 Å². The number of carboxylic acids is 1. The molecule has 2 aromatic rings. The molecule has 46 heavy (non-hydrogen) atoms. The number of alkyl halides is 2. The monoisotopic (exact) mass is 645 g/mol. The molecule has 0 spiro atoms. The van der Waals surface area contributed by atoms with Gasteiger partial charge in [-0.15, -0.1) is 15.0 Å². The van der Waals surface area contributed by atoms with Gasteiger partial charge in [0.25, 0.3) is 0 Å². The molecule has 6 atom stereocenters. The number of fused-ring (bicyclic) bond motifs is 7. The molecule has 3 aliphatic rings. The third kappa shape index (κ3) is 6.37. The number of carboxylic acid groups (broad SMARTS) is 1. The first-order valence-corrected chi connectivity index (χ1v) is 14.9. The van der Waals surface area contributed by atoms with Gasteiger partial charge in [-0.3, -0.25) is 9.59 Å². The maximum atomic E-state index is 14.2. The van der Waals surface area contributed by atoms with Gasteiger partial charge in [-0.25, -0.2) is 18.4 Å². The lowest BCUT2D eigenvalue weighted by atomic mass is 9.85. The van der Waals surface area contributed by atoms with Gasteiger partial charge < -0.3 is 30.1 Å². The van der Waals surface area contributed by atoms with E-state index in [1.807, 2.05) is 19.1 Å². The normalized spacial score (nSPS) is 28.9. The number of cyclic esters (lactones) is 1. The van der Waals surface area contributed by atoms with E-state index in [2.05, 4.69) is 26.0 Å². The van der Waals surface area contributed by atoms with E-state index in [0.29, 0.717) is 17.0 Å². The predicted octanol–water partition coefficient (Wildman–Crippen LogP) is 2.38. The van der Waals surface area contributed by atoms with E-state index in [0.717, 1.165) is 0 Å². The summed E-state index contributed by atoms with van der Waals surface area (Å²) in [6.45, 7) is 6.91. The van der Waals surface area contributed by atoms with E-state index in [4.69, 9.17) is 9.47 Å². The molecule has 1 saturated carbocycles. The van der Waals surface area contributed by atoms with Crippen LogP contribution in [0.1, 0.15) is 57.8 Å². The highest BCUT2D eigenvalue weighted by Crippen LogP contribution is 2.48. The molecule has 248 valence electrons. The Morgan fingerprint density at radius 1 is 1.26 bits per heavy atom. The van der Waals surface area contributed by atoms with Crippen LogP contribution in [0, 0.1) is 17.3 Å². The second-order valence-electron chi connectivity index (χ2n) is 13.1. The van der Waals surface area contributed by atoms with E-state index in [1.165, 1.54) is 16.8 Å². The second kappa shape index (κ2) is 12.3. The highest BCUT2D eigenvalue weighted by atomic mass is 19.3. The molecular weight excluding hydrogens is 608 g/mol. The summed E-state index contributed by atoms with van der Waals surface area (Å²) in [6.07, 6.45) is -0.646. The van der Waals surface area contributed by atoms with Crippen LogP contribution in [-0.4, -0.2) is 98.4 Å². The fraction of sp³-hybridized carbons (Fsp3) is 0.567. The smallest absolute Gasteiger partial charge is 0.407 e. The number of nitrogens with one attached hydrogen (secondary N) is 2. The zero-order valence-electron chi connectivity index (χ0n) is 26.1. The van der Waals surface area contributed by atoms with E-state index in [9.17, 15) is 33.1 Å². The molecule has 3 N–H and O–H groups in total. The fourth-order valence-electron chi connectivity index (χ4n) is 5.82. The highest BCUT2D eigenvalue weighted by Gasteiger charge is 2.66. The van der Waals surface area contributed by atoms with Crippen LogP contribution in [0.4, 0.5) is 13.6 Å². The van der Waals surface area contributed by atoms with Gasteiger partial charge in [0.2, 0.25) is 18.2 Å². The number of benzene rings is 1. The molecule has 1 aromatic heterocycles. The van der Waals surface area contributed by atoms with Gasteiger partial charge in [0, 0.05) is 23.9 Å². The lowest BCUT2D eigenvalue weighted by Gasteiger charge is -2.35. The highest BCUT2D eigenvalue weighted by molar-refractivity contribution is 5.96. The summed E-state index contributed by atoms with van der Waals surface area (Å²) in [4.78, 5) is 55.3. The molecule has 3 amide bonds. The molecule has 0 unspecified atom stereocenters. The van der Waals surface area contributed by atoms with Crippen LogP contribution in [0.2, 0.25) is 0 Å². The summed E-state index contributed by atoms with van der Waals surface area (Å²) in [5.74, 6) is -4.79. The van der Waals surface area contributed by atoms with Crippen molar-refractivity contribution in [3.63, 3.8) is 0 Å². The number of halogens is 2. The Balaban J connectivity index is 1.55. The lowest BCUT2D eigenvalue weighted by molar-refractivity contribution is -0.147. The molecule has 2 fully saturated rings. The van der Waals surface area contributed by atoms with E-state index < -0.39 is 71.6 Å². The number of tetrazole rings is 1. The Morgan fingerprint density at radius 2 is 2.00 bits per heavy atom. The van der Waals surface area contributed by atoms with Gasteiger partial charge in [-0.1, -0.05) is 39.8 Å². The van der Waals surface area contributed by atoms with Crippen molar-refractivity contribution in [3.8, 4) is 11.4 Å². The Bertz CT molecular complexity index is 1560. The number of aliphatic carboxylic acids is 1. The van der Waals surface area contributed by atoms with Gasteiger partial charge in [0.05, 0.1) is 25.3 Å². The number of hydrogen-bond donors (Lipinski definition) is 3. The average Bonchev–Trinajstić information content (AvgIpc) is 3.31. The number of aromatic nitrogens is 4. The van der Waals surface area contributed by atoms with Crippen LogP contribution in [-0.2, 0) is 19.1 Å². The van der Waals surface area contributed by atoms with Gasteiger partial charge in [0.1, 0.15) is 23.4 Å². The number of ether oxygens (including phenoxy) is 2. The number of alkyl carbamates (subject to hydrolysis) is 1. The number of nitrogens with zero attached hydrogens (tertiary/aromatic N) is 5. The molecular formula is C30H37F2N7O7. The number of carbonyl (C=O) groups is 4. The Morgan fingerprint density at radius 3 is 2.63 bits per heavy atom. The van der Waals surface area contributed by atoms with Crippen molar-refractivity contribution in [2.75, 3.05) is 20.3 Å². The van der Waals surface area contributed by atoms with Crippen LogP contribution in [0.3, 0.4) is 0 Å². The number of hydrogen-bond acceptors (Lipinski definition) is 9. The maximum absolute atomic E-state index is 14.2. The molecule has 14 nitrogen and oxygen atoms in total. The van der Waals surface area contributed by atoms with Crippen molar-refractivity contribution >= 4 is 30.0 Å². The summed E-state index contributed by atoms with van der Waals surface area (Å²) in [6, 6.07) is 2.79. The zero-order valence-corrected chi connectivity index (χ0v) is 26.1. The SMILES string of the molecule is COc1ccc2c(c1)/C=C/[C@@H](C)COC(=O)N[C@@H](C(C)(C)C)C(=O)N1C[C@@H](C[C@H]1C(=O)N[C@@]1(C(=O)O)C[C@H]1C(F)F)c1nnn-2n1. The maximum Gasteiger partial charge on any atom is 0.407 e. The minimum atomic E-state index is -2.96. The molecule has 3 heterocycles. The van der Waals surface area contributed by atoms with Gasteiger partial charge in [-0.05, 0) is 41.7 Å². The number of amides is 3. The summed E-state index contributed by atoms with van der Waals surface area (Å²) in [7, 11) is 1.53. The third-order valence-corrected chi connectivity index (χ3v) is 8.63. The molecule has 16 heteroatoms. The van der Waals surface area contributed by atoms with Crippen molar-refractivity contribution in [3.05, 3.63) is 35.7 Å². The first kappa shape index (κ1) is 32.8. The summed E-state index contributed by atoms with van der Waals surface area (Å²) < 4.78 is 37.8. The van der Waals surface area contributed by atoms with Crippen LogP contribution >= 0.6 is 0 Å². The van der Waals surface area contributed by atoms with Crippen LogP contribution < -0.4 is 15.4 Å². The predicted molar refractivity (Wildman–Crippen MR) is 157 cm³/mol. The van der Waals surface area contributed by atoms with Crippen molar-refractivity contribution in [1.82, 2.24) is 35.7 Å². The summed E-state index contributed by atoms with van der Waals surface area (Å²) >= 11 is 0. The van der Waals surface area contributed by atoms with Crippen molar-refractivity contribution in [2.24, 2.45) is 17.3 Å². The summed E-state index contributed by atoms with van der Waals surface area (Å²) in [5, 5.41) is 27.7. The Hall–Kier alpha value is -4.63. The molecule has 5 rings (SSSR count). The van der Waals surface area contributed by atoms with Crippen LogP contribution in [0.25, 0.3) is 11.8 Å². The van der Waals surface area contributed by atoms with Crippen molar-refractivity contribution in [2.45, 2.75) is 70.5 Å². The quantitative estimate of drug-likeness (QED) is 0.437. The van der Waals surface area contributed by atoms with Gasteiger partial charge >= 0.3 is 12.1 Å². The Kier molecular flexibility index (Phi) is 8.75. The lowest BCUT2D eigenvalue weighted by Crippen LogP contribution is -2.59. The van der Waals surface area contributed by atoms with Gasteiger partial charge in [0.15, 0.2) is 5.82 Å². The first-order chi connectivity index (χ1) is 21.6. The van der Waals surface area contributed by atoms with Gasteiger partial charge in [-0.2, -0.15) is 0 Å². The third-order valence-electron chi connectivity index (χ3n) is 8.63. The minimum absolute atomic E-state index is 0.0161. The van der Waals surface area contributed by atoms with E-state index in [1.54, 1.807) is 39.0 Å². The average molecular weight is 646 g/mol. The topological polar surface area (TPSA) is 178 Å². The van der Waals surface area contributed by atoms with Crippen molar-refractivity contribution < 1.29 is 42.5 Å². The zero-order chi connectivity index (χ0) is 33.6. The molecule has 2 aliphatic heterocycles. The fourth-order valence-corrected chi connectivity index (χ4v) is 5.82. The molecule has 1 aliphatic carbocycles. The first-order valence-electron chi connectivity index (χ1n) is 14.9. The van der Waals surface area contributed by atoms with Crippen molar-refractivity contribution in [1.29, 1.82) is 0 Å². The number of carbonyl (C=O) groups excluding carboxylic acids is 3. The van der Waals surface area contributed by atoms with Crippen LogP contribution in [0.15, 0.2) is 24.3 Å². The number of rotatable bonds is 5. The second-order valence-corrected chi connectivity index (χ2v) is 13.1. The standard InChI is InChI=1S/C30H37F2N7O7/c1-15-6-7-16-10-18(45-5)8-9-20(16)39-36-24(35-37-39)17-11-21(25(40)34-30(27(42)43)12-19(30)23(31)32)38(13-17)26(41)22(29(2,3)4)33-28(44)46-14-15/h6-10,15,17,19,21-23H,11-14H2,1-5H3,(H,33,44)(H,34,40)(H,42,43)/b7-6+/t15-,17-,19+,21+,22-,30+/m1/s1. The minimum Gasteiger partial charge on any atom is -0.497 e. The Labute approximate surface area is 263 Å². The van der Waals surface area contributed by atoms with E-state index in [-0.39, 0.29) is 31.3 Å². The number of methoxy groups -OCH3 is 1. The molecule has 1 aromatic carbocycles. The van der Waals surface area contributed by atoms with Crippen LogP contribution in [0.5, 0.6) is 5.75 Å². The molecule has 4 bridgehead atoms. The molecule has 1 saturated heterocycles.